The van der Waals surface area contributed by atoms with E-state index in [1.807, 2.05) is 11.8 Å². The van der Waals surface area contributed by atoms with Crippen molar-refractivity contribution in [1.29, 1.82) is 0 Å². The molecule has 2 fully saturated rings. The Morgan fingerprint density at radius 3 is 2.62 bits per heavy atom. The van der Waals surface area contributed by atoms with E-state index >= 15 is 4.39 Å². The first-order chi connectivity index (χ1) is 17.8. The van der Waals surface area contributed by atoms with Gasteiger partial charge in [0.1, 0.15) is 28.6 Å². The summed E-state index contributed by atoms with van der Waals surface area (Å²) in [7, 11) is 1.42. The Morgan fingerprint density at radius 1 is 1.19 bits per heavy atom. The van der Waals surface area contributed by atoms with Crippen molar-refractivity contribution in [2.75, 3.05) is 25.1 Å². The number of carbonyl (C=O) groups excluding carboxylic acids is 1. The van der Waals surface area contributed by atoms with Gasteiger partial charge in [0.2, 0.25) is 5.91 Å². The molecule has 2 aliphatic heterocycles. The van der Waals surface area contributed by atoms with Gasteiger partial charge in [0.05, 0.1) is 18.0 Å². The van der Waals surface area contributed by atoms with Crippen LogP contribution in [0, 0.1) is 11.6 Å². The van der Waals surface area contributed by atoms with Gasteiger partial charge in [-0.3, -0.25) is 9.78 Å². The number of halogens is 2. The molecule has 2 aliphatic rings. The highest BCUT2D eigenvalue weighted by molar-refractivity contribution is 6.01. The summed E-state index contributed by atoms with van der Waals surface area (Å²) in [6.07, 6.45) is 3.92. The van der Waals surface area contributed by atoms with Gasteiger partial charge in [-0.15, -0.1) is 0 Å². The van der Waals surface area contributed by atoms with Crippen LogP contribution in [0.2, 0.25) is 0 Å². The average molecular weight is 506 g/mol. The predicted molar refractivity (Wildman–Crippen MR) is 135 cm³/mol. The summed E-state index contributed by atoms with van der Waals surface area (Å²) in [5.74, 6) is -0.630. The number of nitrogens with one attached hydrogen (secondary N) is 1. The van der Waals surface area contributed by atoms with Crippen molar-refractivity contribution in [2.24, 2.45) is 0 Å². The molecule has 2 aromatic heterocycles. The van der Waals surface area contributed by atoms with E-state index in [0.29, 0.717) is 53.5 Å². The van der Waals surface area contributed by atoms with E-state index in [9.17, 15) is 14.3 Å². The van der Waals surface area contributed by atoms with Crippen molar-refractivity contribution in [3.8, 4) is 23.0 Å². The summed E-state index contributed by atoms with van der Waals surface area (Å²) in [6, 6.07) is 5.83. The minimum atomic E-state index is -0.711. The molecule has 0 bridgehead atoms. The van der Waals surface area contributed by atoms with Crippen molar-refractivity contribution < 1.29 is 23.4 Å². The number of amides is 1. The van der Waals surface area contributed by atoms with E-state index in [2.05, 4.69) is 20.3 Å². The summed E-state index contributed by atoms with van der Waals surface area (Å²) in [6.45, 7) is 3.06. The summed E-state index contributed by atoms with van der Waals surface area (Å²) in [4.78, 5) is 26.7. The molecule has 37 heavy (non-hydrogen) atoms. The minimum absolute atomic E-state index is 0.0110. The maximum Gasteiger partial charge on any atom is 0.318 e. The van der Waals surface area contributed by atoms with Gasteiger partial charge < -0.3 is 20.1 Å². The minimum Gasteiger partial charge on any atom is -0.508 e. The molecule has 0 saturated carbocycles. The van der Waals surface area contributed by atoms with Crippen molar-refractivity contribution in [2.45, 2.75) is 38.1 Å². The number of phenolic OH excluding ortho intramolecular Hbond substituents is 1. The van der Waals surface area contributed by atoms with Crippen LogP contribution in [0.5, 0.6) is 11.8 Å². The Kier molecular flexibility index (Phi) is 5.36. The first kappa shape index (κ1) is 23.3. The zero-order valence-corrected chi connectivity index (χ0v) is 20.4. The number of methoxy groups -OCH3 is 1. The molecule has 2 N–H and O–H groups in total. The van der Waals surface area contributed by atoms with Crippen molar-refractivity contribution >= 4 is 33.4 Å². The van der Waals surface area contributed by atoms with Crippen molar-refractivity contribution in [3.63, 3.8) is 0 Å². The molecule has 1 amide bonds. The molecular weight excluding hydrogens is 480 g/mol. The maximum atomic E-state index is 16.2. The largest absolute Gasteiger partial charge is 0.508 e. The molecule has 4 heterocycles. The van der Waals surface area contributed by atoms with E-state index in [1.54, 1.807) is 6.07 Å². The number of rotatable bonds is 4. The van der Waals surface area contributed by atoms with E-state index in [0.717, 1.165) is 12.8 Å². The number of ether oxygens (including phenoxy) is 1. The zero-order chi connectivity index (χ0) is 25.9. The Bertz CT molecular complexity index is 1570. The Morgan fingerprint density at radius 2 is 1.95 bits per heavy atom. The highest BCUT2D eigenvalue weighted by Crippen LogP contribution is 2.40. The van der Waals surface area contributed by atoms with E-state index in [1.165, 1.54) is 31.5 Å². The number of aryl methyl sites for hydroxylation is 1. The van der Waals surface area contributed by atoms with Crippen LogP contribution in [-0.2, 0) is 11.2 Å². The molecule has 6 rings (SSSR count). The molecule has 0 aliphatic carbocycles. The average Bonchev–Trinajstić information content (AvgIpc) is 2.88. The van der Waals surface area contributed by atoms with Crippen molar-refractivity contribution in [3.05, 3.63) is 47.7 Å². The fraction of sp³-hybridized carbons (Fsp3) is 0.333. The third-order valence-corrected chi connectivity index (χ3v) is 7.51. The molecule has 1 spiro atoms. The van der Waals surface area contributed by atoms with Crippen LogP contribution in [-0.4, -0.2) is 51.7 Å². The number of pyridine rings is 1. The first-order valence-electron chi connectivity index (χ1n) is 12.2. The smallest absolute Gasteiger partial charge is 0.318 e. The van der Waals surface area contributed by atoms with Gasteiger partial charge in [-0.25, -0.2) is 8.78 Å². The fourth-order valence-electron chi connectivity index (χ4n) is 5.61. The quantitative estimate of drug-likeness (QED) is 0.400. The molecule has 2 saturated heterocycles. The normalized spacial score (nSPS) is 16.8. The molecule has 0 radical (unpaired) electrons. The summed E-state index contributed by atoms with van der Waals surface area (Å²) >= 11 is 0. The Balaban J connectivity index is 1.50. The lowest BCUT2D eigenvalue weighted by atomic mass is 9.78. The number of anilines is 1. The summed E-state index contributed by atoms with van der Waals surface area (Å²) < 4.78 is 36.2. The van der Waals surface area contributed by atoms with E-state index < -0.39 is 11.6 Å². The number of nitrogens with zero attached hydrogens (tertiary/aromatic N) is 4. The molecule has 190 valence electrons. The Labute approximate surface area is 211 Å². The van der Waals surface area contributed by atoms with Crippen LogP contribution in [0.25, 0.3) is 32.9 Å². The molecule has 2 aromatic carbocycles. The number of β-lactam (4-membered cyclic amide) rings is 1. The summed E-state index contributed by atoms with van der Waals surface area (Å²) in [5, 5.41) is 14.9. The van der Waals surface area contributed by atoms with Gasteiger partial charge in [0.25, 0.3) is 0 Å². The predicted octanol–water partition coefficient (Wildman–Crippen LogP) is 4.26. The second-order valence-corrected chi connectivity index (χ2v) is 9.68. The Hall–Kier alpha value is -4.08. The number of benzene rings is 2. The van der Waals surface area contributed by atoms with Gasteiger partial charge in [-0.1, -0.05) is 13.0 Å². The number of fused-ring (bicyclic) bond motifs is 2. The fourth-order valence-corrected chi connectivity index (χ4v) is 5.61. The highest BCUT2D eigenvalue weighted by atomic mass is 19.1. The van der Waals surface area contributed by atoms with Gasteiger partial charge in [0.15, 0.2) is 5.82 Å². The van der Waals surface area contributed by atoms with Gasteiger partial charge >= 0.3 is 6.01 Å². The van der Waals surface area contributed by atoms with Crippen LogP contribution < -0.4 is 15.0 Å². The number of hydrogen-bond donors (Lipinski definition) is 2. The second kappa shape index (κ2) is 8.50. The lowest BCUT2D eigenvalue weighted by Crippen LogP contribution is -2.65. The zero-order valence-electron chi connectivity index (χ0n) is 20.4. The summed E-state index contributed by atoms with van der Waals surface area (Å²) in [5.41, 5.74) is 0.510. The molecular formula is C27H25F2N5O3. The van der Waals surface area contributed by atoms with Crippen molar-refractivity contribution in [1.82, 2.24) is 20.3 Å². The van der Waals surface area contributed by atoms with Crippen LogP contribution in [0.4, 0.5) is 14.6 Å². The third-order valence-electron chi connectivity index (χ3n) is 7.51. The van der Waals surface area contributed by atoms with Gasteiger partial charge in [-0.2, -0.15) is 9.97 Å². The molecule has 0 atom stereocenters. The van der Waals surface area contributed by atoms with E-state index in [4.69, 9.17) is 4.74 Å². The van der Waals surface area contributed by atoms with E-state index in [-0.39, 0.29) is 40.0 Å². The second-order valence-electron chi connectivity index (χ2n) is 9.68. The number of piperidine rings is 1. The van der Waals surface area contributed by atoms with Crippen LogP contribution in [0.3, 0.4) is 0 Å². The number of carbonyl (C=O) groups is 1. The number of aromatic nitrogens is 3. The standard InChI is InChI=1S/C27H25F2N5O3/c1-3-16-19(28)5-4-14-10-15(35)11-17(21(14)16)23-22(29)24-18(13-30-23)25(32-26(31-24)37-2)34-8-6-27(7-9-34)12-20(36)33-27/h4-5,10-11,13,35H,3,6-9,12H2,1-2H3,(H,33,36). The monoisotopic (exact) mass is 505 g/mol. The highest BCUT2D eigenvalue weighted by Gasteiger charge is 2.45. The molecule has 4 aromatic rings. The third kappa shape index (κ3) is 3.70. The molecule has 0 unspecified atom stereocenters. The molecule has 8 nitrogen and oxygen atoms in total. The lowest BCUT2D eigenvalue weighted by molar-refractivity contribution is -0.133. The van der Waals surface area contributed by atoms with Crippen LogP contribution in [0.15, 0.2) is 30.5 Å². The number of hydrogen-bond acceptors (Lipinski definition) is 7. The van der Waals surface area contributed by atoms with Gasteiger partial charge in [-0.05, 0) is 53.8 Å². The lowest BCUT2D eigenvalue weighted by Gasteiger charge is -2.48. The van der Waals surface area contributed by atoms with Gasteiger partial charge in [0, 0.05) is 31.3 Å². The maximum absolute atomic E-state index is 16.2. The van der Waals surface area contributed by atoms with Crippen LogP contribution in [0.1, 0.15) is 31.7 Å². The SMILES string of the molecule is CCc1c(F)ccc2cc(O)cc(-c3ncc4c(N5CCC6(CC5)CC(=O)N6)nc(OC)nc4c3F)c12. The number of phenols is 1. The topological polar surface area (TPSA) is 100 Å². The van der Waals surface area contributed by atoms with Crippen LogP contribution >= 0.6 is 0 Å². The molecule has 10 heteroatoms. The first-order valence-corrected chi connectivity index (χ1v) is 12.2. The number of aromatic hydroxyl groups is 1.